The van der Waals surface area contributed by atoms with Crippen molar-refractivity contribution >= 4 is 5.97 Å². The van der Waals surface area contributed by atoms with E-state index < -0.39 is 30.4 Å². The van der Waals surface area contributed by atoms with Crippen LogP contribution < -0.4 is 10.5 Å². The molecule has 0 unspecified atom stereocenters. The zero-order valence-electron chi connectivity index (χ0n) is 12.6. The third kappa shape index (κ3) is 5.22. The number of para-hydroxylation sites is 1. The van der Waals surface area contributed by atoms with Crippen LogP contribution in [-0.4, -0.2) is 30.4 Å². The molecular weight excluding hydrogens is 299 g/mol. The van der Waals surface area contributed by atoms with Crippen LogP contribution in [0.1, 0.15) is 20.8 Å². The Hall–Kier alpha value is -1.76. The average Bonchev–Trinajstić information content (AvgIpc) is 2.43. The molecule has 0 bridgehead atoms. The van der Waals surface area contributed by atoms with E-state index in [1.807, 2.05) is 19.9 Å². The quantitative estimate of drug-likeness (QED) is 0.819. The number of hydrogen-bond donors (Lipinski definition) is 1. The Morgan fingerprint density at radius 2 is 1.68 bits per heavy atom. The van der Waals surface area contributed by atoms with Crippen molar-refractivity contribution in [3.63, 3.8) is 0 Å². The average molecular weight is 319 g/mol. The summed E-state index contributed by atoms with van der Waals surface area (Å²) in [6.45, 7) is 5.12. The van der Waals surface area contributed by atoms with E-state index >= 15 is 0 Å². The summed E-state index contributed by atoms with van der Waals surface area (Å²) in [6, 6.07) is 6.12. The normalized spacial score (nSPS) is 16.0. The first-order valence-corrected chi connectivity index (χ1v) is 6.87. The van der Waals surface area contributed by atoms with Crippen LogP contribution in [0.2, 0.25) is 0 Å². The van der Waals surface area contributed by atoms with Gasteiger partial charge in [0, 0.05) is 0 Å². The van der Waals surface area contributed by atoms with Crippen molar-refractivity contribution in [3.8, 4) is 5.75 Å². The molecule has 2 N–H and O–H groups in total. The maximum absolute atomic E-state index is 12.4. The lowest BCUT2D eigenvalue weighted by Crippen LogP contribution is -2.48. The van der Waals surface area contributed by atoms with Crippen LogP contribution in [0, 0.1) is 5.92 Å². The molecule has 0 heterocycles. The SMILES string of the molecule is CC(C)[C@@H](Oc1ccccc1)[C@H](C)OC(=O)[C@@H](N)C(F)(F)F. The maximum Gasteiger partial charge on any atom is 0.414 e. The topological polar surface area (TPSA) is 61.5 Å². The Labute approximate surface area is 127 Å². The molecule has 0 aliphatic heterocycles. The number of esters is 1. The van der Waals surface area contributed by atoms with Crippen LogP contribution in [0.5, 0.6) is 5.75 Å². The van der Waals surface area contributed by atoms with Crippen LogP contribution in [0.15, 0.2) is 30.3 Å². The van der Waals surface area contributed by atoms with Gasteiger partial charge in [-0.15, -0.1) is 0 Å². The van der Waals surface area contributed by atoms with E-state index in [1.54, 1.807) is 24.3 Å². The van der Waals surface area contributed by atoms with Crippen LogP contribution >= 0.6 is 0 Å². The highest BCUT2D eigenvalue weighted by Gasteiger charge is 2.44. The number of carbonyl (C=O) groups is 1. The minimum absolute atomic E-state index is 0.0786. The first-order valence-electron chi connectivity index (χ1n) is 6.87. The van der Waals surface area contributed by atoms with Gasteiger partial charge in [-0.25, -0.2) is 4.79 Å². The molecule has 0 fully saturated rings. The van der Waals surface area contributed by atoms with Crippen LogP contribution in [-0.2, 0) is 9.53 Å². The second-order valence-electron chi connectivity index (χ2n) is 5.30. The van der Waals surface area contributed by atoms with Crippen molar-refractivity contribution in [2.45, 2.75) is 45.2 Å². The number of ether oxygens (including phenoxy) is 2. The van der Waals surface area contributed by atoms with E-state index in [0.717, 1.165) is 0 Å². The van der Waals surface area contributed by atoms with Crippen molar-refractivity contribution in [2.75, 3.05) is 0 Å². The van der Waals surface area contributed by atoms with Gasteiger partial charge in [-0.3, -0.25) is 0 Å². The molecule has 7 heteroatoms. The Balaban J connectivity index is 2.74. The van der Waals surface area contributed by atoms with Gasteiger partial charge in [0.1, 0.15) is 18.0 Å². The molecule has 1 aromatic rings. The predicted octanol–water partition coefficient (Wildman–Crippen LogP) is 2.91. The molecule has 124 valence electrons. The van der Waals surface area contributed by atoms with Gasteiger partial charge in [0.15, 0.2) is 6.04 Å². The van der Waals surface area contributed by atoms with Crippen molar-refractivity contribution in [3.05, 3.63) is 30.3 Å². The van der Waals surface area contributed by atoms with Gasteiger partial charge < -0.3 is 15.2 Å². The second kappa shape index (κ2) is 7.49. The first-order chi connectivity index (χ1) is 10.1. The van der Waals surface area contributed by atoms with Gasteiger partial charge >= 0.3 is 12.1 Å². The van der Waals surface area contributed by atoms with Gasteiger partial charge in [-0.2, -0.15) is 13.2 Å². The minimum Gasteiger partial charge on any atom is -0.486 e. The fourth-order valence-electron chi connectivity index (χ4n) is 1.89. The molecule has 0 radical (unpaired) electrons. The lowest BCUT2D eigenvalue weighted by molar-refractivity contribution is -0.186. The third-order valence-corrected chi connectivity index (χ3v) is 3.04. The summed E-state index contributed by atoms with van der Waals surface area (Å²) in [6.07, 6.45) is -6.29. The highest BCUT2D eigenvalue weighted by molar-refractivity contribution is 5.76. The molecule has 0 spiro atoms. The number of nitrogens with two attached hydrogens (primary N) is 1. The lowest BCUT2D eigenvalue weighted by Gasteiger charge is -2.29. The van der Waals surface area contributed by atoms with E-state index in [2.05, 4.69) is 0 Å². The van der Waals surface area contributed by atoms with E-state index in [9.17, 15) is 18.0 Å². The van der Waals surface area contributed by atoms with Crippen LogP contribution in [0.4, 0.5) is 13.2 Å². The number of alkyl halides is 3. The van der Waals surface area contributed by atoms with Crippen LogP contribution in [0.3, 0.4) is 0 Å². The molecule has 0 aliphatic carbocycles. The van der Waals surface area contributed by atoms with Gasteiger partial charge in [0.2, 0.25) is 0 Å². The van der Waals surface area contributed by atoms with Crippen molar-refractivity contribution in [2.24, 2.45) is 11.7 Å². The summed E-state index contributed by atoms with van der Waals surface area (Å²) in [5.41, 5.74) is 4.83. The summed E-state index contributed by atoms with van der Waals surface area (Å²) in [4.78, 5) is 11.5. The summed E-state index contributed by atoms with van der Waals surface area (Å²) in [5.74, 6) is -1.04. The Morgan fingerprint density at radius 1 is 1.14 bits per heavy atom. The van der Waals surface area contributed by atoms with E-state index in [1.165, 1.54) is 6.92 Å². The summed E-state index contributed by atoms with van der Waals surface area (Å²) in [5, 5.41) is 0. The molecule has 4 nitrogen and oxygen atoms in total. The molecule has 0 aromatic heterocycles. The standard InChI is InChI=1S/C15H20F3NO3/c1-9(2)12(22-11-7-5-4-6-8-11)10(3)21-14(20)13(19)15(16,17)18/h4-10,12-13H,19H2,1-3H3/t10-,12+,13+/m0/s1. The zero-order valence-corrected chi connectivity index (χ0v) is 12.6. The van der Waals surface area contributed by atoms with Crippen molar-refractivity contribution in [1.82, 2.24) is 0 Å². The Morgan fingerprint density at radius 3 is 2.14 bits per heavy atom. The maximum atomic E-state index is 12.4. The van der Waals surface area contributed by atoms with E-state index in [-0.39, 0.29) is 5.92 Å². The number of rotatable bonds is 6. The highest BCUT2D eigenvalue weighted by Crippen LogP contribution is 2.22. The fourth-order valence-corrected chi connectivity index (χ4v) is 1.89. The summed E-state index contributed by atoms with van der Waals surface area (Å²) < 4.78 is 47.7. The molecule has 0 amide bonds. The molecule has 1 rings (SSSR count). The second-order valence-corrected chi connectivity index (χ2v) is 5.30. The van der Waals surface area contributed by atoms with E-state index in [4.69, 9.17) is 15.2 Å². The lowest BCUT2D eigenvalue weighted by atomic mass is 10.0. The van der Waals surface area contributed by atoms with E-state index in [0.29, 0.717) is 5.75 Å². The molecular formula is C15H20F3NO3. The number of halogens is 3. The predicted molar refractivity (Wildman–Crippen MR) is 75.3 cm³/mol. The van der Waals surface area contributed by atoms with Gasteiger partial charge in [-0.1, -0.05) is 32.0 Å². The summed E-state index contributed by atoms with van der Waals surface area (Å²) >= 11 is 0. The Kier molecular flexibility index (Phi) is 6.22. The number of carbonyl (C=O) groups excluding carboxylic acids is 1. The monoisotopic (exact) mass is 319 g/mol. The first kappa shape index (κ1) is 18.3. The van der Waals surface area contributed by atoms with Crippen molar-refractivity contribution < 1.29 is 27.4 Å². The number of benzene rings is 1. The smallest absolute Gasteiger partial charge is 0.414 e. The number of hydrogen-bond acceptors (Lipinski definition) is 4. The van der Waals surface area contributed by atoms with Crippen molar-refractivity contribution in [1.29, 1.82) is 0 Å². The molecule has 0 saturated heterocycles. The largest absolute Gasteiger partial charge is 0.486 e. The fraction of sp³-hybridized carbons (Fsp3) is 0.533. The minimum atomic E-state index is -4.83. The Bertz CT molecular complexity index is 477. The van der Waals surface area contributed by atoms with Gasteiger partial charge in [0.25, 0.3) is 0 Å². The third-order valence-electron chi connectivity index (χ3n) is 3.04. The molecule has 3 atom stereocenters. The van der Waals surface area contributed by atoms with Crippen LogP contribution in [0.25, 0.3) is 0 Å². The molecule has 0 saturated carbocycles. The summed E-state index contributed by atoms with van der Waals surface area (Å²) in [7, 11) is 0. The highest BCUT2D eigenvalue weighted by atomic mass is 19.4. The zero-order chi connectivity index (χ0) is 16.9. The molecule has 1 aromatic carbocycles. The molecule has 0 aliphatic rings. The van der Waals surface area contributed by atoms with Gasteiger partial charge in [0.05, 0.1) is 0 Å². The van der Waals surface area contributed by atoms with Gasteiger partial charge in [-0.05, 0) is 25.0 Å². The molecule has 22 heavy (non-hydrogen) atoms.